The third-order valence-corrected chi connectivity index (χ3v) is 2.66. The van der Waals surface area contributed by atoms with Gasteiger partial charge in [0.15, 0.2) is 0 Å². The van der Waals surface area contributed by atoms with E-state index in [1.807, 2.05) is 20.0 Å². The lowest BCUT2D eigenvalue weighted by molar-refractivity contribution is -0.144. The molecule has 0 aliphatic rings. The fourth-order valence-corrected chi connectivity index (χ4v) is 1.67. The van der Waals surface area contributed by atoms with Crippen molar-refractivity contribution in [1.29, 1.82) is 0 Å². The minimum absolute atomic E-state index is 0.0608. The Morgan fingerprint density at radius 1 is 1.61 bits per heavy atom. The molecule has 18 heavy (non-hydrogen) atoms. The first-order valence-corrected chi connectivity index (χ1v) is 6.02. The van der Waals surface area contributed by atoms with Crippen LogP contribution in [0.4, 0.5) is 0 Å². The van der Waals surface area contributed by atoms with Crippen molar-refractivity contribution < 1.29 is 14.6 Å². The Morgan fingerprint density at radius 2 is 2.33 bits per heavy atom. The van der Waals surface area contributed by atoms with Crippen molar-refractivity contribution >= 4 is 5.97 Å². The molecule has 0 amide bonds. The zero-order valence-electron chi connectivity index (χ0n) is 11.1. The Hall–Kier alpha value is -1.40. The van der Waals surface area contributed by atoms with E-state index in [-0.39, 0.29) is 24.5 Å². The van der Waals surface area contributed by atoms with Crippen molar-refractivity contribution in [3.8, 4) is 0 Å². The first-order valence-electron chi connectivity index (χ1n) is 6.02. The molecular formula is C12H21N3O3. The van der Waals surface area contributed by atoms with E-state index in [9.17, 15) is 4.79 Å². The summed E-state index contributed by atoms with van der Waals surface area (Å²) >= 11 is 0. The summed E-state index contributed by atoms with van der Waals surface area (Å²) in [6.07, 6.45) is 3.56. The molecule has 0 radical (unpaired) electrons. The molecule has 1 aromatic heterocycles. The summed E-state index contributed by atoms with van der Waals surface area (Å²) in [6.45, 7) is 5.01. The summed E-state index contributed by atoms with van der Waals surface area (Å²) < 4.78 is 6.42. The lowest BCUT2D eigenvalue weighted by atomic mass is 10.0. The summed E-state index contributed by atoms with van der Waals surface area (Å²) in [5, 5.41) is 16.0. The summed E-state index contributed by atoms with van der Waals surface area (Å²) in [4.78, 5) is 11.5. The van der Waals surface area contributed by atoms with Crippen LogP contribution in [0.1, 0.15) is 19.4 Å². The molecule has 0 aromatic carbocycles. The molecule has 2 N–H and O–H groups in total. The van der Waals surface area contributed by atoms with Crippen LogP contribution in [-0.2, 0) is 22.6 Å². The van der Waals surface area contributed by atoms with Crippen molar-refractivity contribution in [3.63, 3.8) is 0 Å². The van der Waals surface area contributed by atoms with Crippen LogP contribution in [0.2, 0.25) is 0 Å². The normalized spacial score (nSPS) is 12.7. The molecule has 1 heterocycles. The largest absolute Gasteiger partial charge is 0.468 e. The highest BCUT2D eigenvalue weighted by Gasteiger charge is 2.22. The van der Waals surface area contributed by atoms with E-state index in [0.29, 0.717) is 13.1 Å². The molecule has 1 aromatic rings. The molecule has 0 aliphatic carbocycles. The Balaban J connectivity index is 2.53. The summed E-state index contributed by atoms with van der Waals surface area (Å²) in [6, 6.07) is -0.323. The van der Waals surface area contributed by atoms with Gasteiger partial charge in [-0.05, 0) is 5.92 Å². The topological polar surface area (TPSA) is 76.4 Å². The average Bonchev–Trinajstić information content (AvgIpc) is 2.77. The maximum Gasteiger partial charge on any atom is 0.323 e. The maximum absolute atomic E-state index is 11.5. The van der Waals surface area contributed by atoms with Gasteiger partial charge in [0.25, 0.3) is 0 Å². The second-order valence-electron chi connectivity index (χ2n) is 4.46. The van der Waals surface area contributed by atoms with Crippen molar-refractivity contribution in [1.82, 2.24) is 15.1 Å². The van der Waals surface area contributed by atoms with E-state index in [4.69, 9.17) is 9.84 Å². The Kier molecular flexibility index (Phi) is 5.80. The van der Waals surface area contributed by atoms with Crippen molar-refractivity contribution in [2.24, 2.45) is 5.92 Å². The number of nitrogens with zero attached hydrogens (tertiary/aromatic N) is 2. The predicted molar refractivity (Wildman–Crippen MR) is 66.8 cm³/mol. The van der Waals surface area contributed by atoms with Crippen molar-refractivity contribution in [2.75, 3.05) is 13.7 Å². The van der Waals surface area contributed by atoms with Gasteiger partial charge in [-0.3, -0.25) is 14.8 Å². The minimum Gasteiger partial charge on any atom is -0.468 e. The smallest absolute Gasteiger partial charge is 0.323 e. The highest BCUT2D eigenvalue weighted by Crippen LogP contribution is 2.05. The van der Waals surface area contributed by atoms with E-state index < -0.39 is 0 Å². The number of hydrogen-bond donors (Lipinski definition) is 2. The van der Waals surface area contributed by atoms with Crippen LogP contribution >= 0.6 is 0 Å². The molecule has 0 spiro atoms. The van der Waals surface area contributed by atoms with Gasteiger partial charge in [-0.2, -0.15) is 5.10 Å². The minimum atomic E-state index is -0.323. The van der Waals surface area contributed by atoms with Gasteiger partial charge < -0.3 is 9.84 Å². The van der Waals surface area contributed by atoms with Gasteiger partial charge in [-0.1, -0.05) is 13.8 Å². The number of ether oxygens (including phenoxy) is 1. The van der Waals surface area contributed by atoms with Crippen LogP contribution in [0.25, 0.3) is 0 Å². The SMILES string of the molecule is COC(=O)[C@@H](NCc1cnn(CCO)c1)C(C)C. The lowest BCUT2D eigenvalue weighted by Crippen LogP contribution is -2.41. The number of aromatic nitrogens is 2. The number of rotatable bonds is 7. The van der Waals surface area contributed by atoms with Gasteiger partial charge in [-0.15, -0.1) is 0 Å². The van der Waals surface area contributed by atoms with Crippen molar-refractivity contribution in [2.45, 2.75) is 33.0 Å². The van der Waals surface area contributed by atoms with E-state index in [2.05, 4.69) is 10.4 Å². The zero-order valence-corrected chi connectivity index (χ0v) is 11.1. The first-order chi connectivity index (χ1) is 8.58. The van der Waals surface area contributed by atoms with E-state index >= 15 is 0 Å². The molecule has 1 atom stereocenters. The van der Waals surface area contributed by atoms with Gasteiger partial charge >= 0.3 is 5.97 Å². The molecule has 102 valence electrons. The molecular weight excluding hydrogens is 234 g/mol. The molecule has 0 saturated carbocycles. The van der Waals surface area contributed by atoms with Crippen LogP contribution in [-0.4, -0.2) is 40.6 Å². The van der Waals surface area contributed by atoms with E-state index in [1.54, 1.807) is 10.9 Å². The number of esters is 1. The summed E-state index contributed by atoms with van der Waals surface area (Å²) in [7, 11) is 1.39. The Bertz CT molecular complexity index is 376. The number of nitrogens with one attached hydrogen (secondary N) is 1. The van der Waals surface area contributed by atoms with Gasteiger partial charge in [-0.25, -0.2) is 0 Å². The zero-order chi connectivity index (χ0) is 13.5. The van der Waals surface area contributed by atoms with Crippen LogP contribution < -0.4 is 5.32 Å². The van der Waals surface area contributed by atoms with Crippen LogP contribution in [0, 0.1) is 5.92 Å². The second kappa shape index (κ2) is 7.13. The fourth-order valence-electron chi connectivity index (χ4n) is 1.67. The van der Waals surface area contributed by atoms with Gasteiger partial charge in [0, 0.05) is 18.3 Å². The molecule has 0 unspecified atom stereocenters. The van der Waals surface area contributed by atoms with Crippen LogP contribution in [0.5, 0.6) is 0 Å². The standard InChI is InChI=1S/C12H21N3O3/c1-9(2)11(12(17)18-3)13-6-10-7-14-15(8-10)4-5-16/h7-9,11,13,16H,4-6H2,1-3H3/t11-/m0/s1. The van der Waals surface area contributed by atoms with Crippen LogP contribution in [0.15, 0.2) is 12.4 Å². The molecule has 0 bridgehead atoms. The third-order valence-electron chi connectivity index (χ3n) is 2.66. The molecule has 6 heteroatoms. The third kappa shape index (κ3) is 4.12. The highest BCUT2D eigenvalue weighted by molar-refractivity contribution is 5.75. The number of aliphatic hydroxyl groups is 1. The van der Waals surface area contributed by atoms with Gasteiger partial charge in [0.2, 0.25) is 0 Å². The number of methoxy groups -OCH3 is 1. The van der Waals surface area contributed by atoms with Crippen molar-refractivity contribution in [3.05, 3.63) is 18.0 Å². The number of carbonyl (C=O) groups is 1. The Labute approximate surface area is 107 Å². The average molecular weight is 255 g/mol. The maximum atomic E-state index is 11.5. The quantitative estimate of drug-likeness (QED) is 0.679. The van der Waals surface area contributed by atoms with Gasteiger partial charge in [0.05, 0.1) is 26.5 Å². The lowest BCUT2D eigenvalue weighted by Gasteiger charge is -2.19. The van der Waals surface area contributed by atoms with E-state index in [1.165, 1.54) is 7.11 Å². The number of carbonyl (C=O) groups excluding carboxylic acids is 1. The molecule has 6 nitrogen and oxygen atoms in total. The van der Waals surface area contributed by atoms with Crippen LogP contribution in [0.3, 0.4) is 0 Å². The summed E-state index contributed by atoms with van der Waals surface area (Å²) in [5.41, 5.74) is 0.970. The predicted octanol–water partition coefficient (Wildman–Crippen LogP) is 0.163. The molecule has 0 aliphatic heterocycles. The first kappa shape index (κ1) is 14.7. The fraction of sp³-hybridized carbons (Fsp3) is 0.667. The molecule has 1 rings (SSSR count). The second-order valence-corrected chi connectivity index (χ2v) is 4.46. The van der Waals surface area contributed by atoms with Gasteiger partial charge in [0.1, 0.15) is 6.04 Å². The molecule has 0 saturated heterocycles. The number of aliphatic hydroxyl groups excluding tert-OH is 1. The highest BCUT2D eigenvalue weighted by atomic mass is 16.5. The summed E-state index contributed by atoms with van der Waals surface area (Å²) in [5.74, 6) is -0.0994. The Morgan fingerprint density at radius 3 is 2.89 bits per heavy atom. The molecule has 0 fully saturated rings. The van der Waals surface area contributed by atoms with E-state index in [0.717, 1.165) is 5.56 Å². The number of hydrogen-bond acceptors (Lipinski definition) is 5. The monoisotopic (exact) mass is 255 g/mol.